The van der Waals surface area contributed by atoms with E-state index in [1.165, 1.54) is 0 Å². The molecule has 0 heterocycles. The summed E-state index contributed by atoms with van der Waals surface area (Å²) < 4.78 is 5.45. The molecule has 21 heavy (non-hydrogen) atoms. The normalized spacial score (nSPS) is 10.2. The minimum atomic E-state index is -0.231. The number of ether oxygens (including phenoxy) is 1. The topological polar surface area (TPSA) is 64.3 Å². The van der Waals surface area contributed by atoms with E-state index < -0.39 is 0 Å². The number of hydrogen-bond acceptors (Lipinski definition) is 3. The molecule has 0 aromatic heterocycles. The van der Waals surface area contributed by atoms with Crippen LogP contribution in [-0.2, 0) is 6.54 Å². The minimum absolute atomic E-state index is 0.231. The SMILES string of the molecule is CCOc1c(N)cccc1C(=O)NCc1cccc(Cl)c1. The second-order valence-corrected chi connectivity index (χ2v) is 4.91. The highest BCUT2D eigenvalue weighted by Crippen LogP contribution is 2.26. The van der Waals surface area contributed by atoms with Crippen LogP contribution >= 0.6 is 11.6 Å². The fourth-order valence-electron chi connectivity index (χ4n) is 1.96. The average molecular weight is 305 g/mol. The maximum absolute atomic E-state index is 12.3. The standard InChI is InChI=1S/C16H17ClN2O2/c1-2-21-15-13(7-4-8-14(15)18)16(20)19-10-11-5-3-6-12(17)9-11/h3-9H,2,10,18H2,1H3,(H,19,20). The van der Waals surface area contributed by atoms with Gasteiger partial charge in [0.15, 0.2) is 5.75 Å². The Balaban J connectivity index is 2.12. The van der Waals surface area contributed by atoms with Crippen LogP contribution in [0.4, 0.5) is 5.69 Å². The van der Waals surface area contributed by atoms with Gasteiger partial charge in [0, 0.05) is 11.6 Å². The number of nitrogen functional groups attached to an aromatic ring is 1. The zero-order chi connectivity index (χ0) is 15.2. The van der Waals surface area contributed by atoms with Crippen LogP contribution in [0.2, 0.25) is 5.02 Å². The van der Waals surface area contributed by atoms with Crippen molar-refractivity contribution in [1.29, 1.82) is 0 Å². The first-order valence-electron chi connectivity index (χ1n) is 6.65. The fraction of sp³-hybridized carbons (Fsp3) is 0.188. The van der Waals surface area contributed by atoms with Crippen molar-refractivity contribution >= 4 is 23.2 Å². The summed E-state index contributed by atoms with van der Waals surface area (Å²) in [5, 5.41) is 3.47. The van der Waals surface area contributed by atoms with E-state index in [0.29, 0.717) is 35.2 Å². The maximum atomic E-state index is 12.3. The molecule has 0 fully saturated rings. The Morgan fingerprint density at radius 1 is 1.29 bits per heavy atom. The Hall–Kier alpha value is -2.20. The molecule has 2 rings (SSSR count). The molecule has 0 radical (unpaired) electrons. The van der Waals surface area contributed by atoms with Crippen LogP contribution in [-0.4, -0.2) is 12.5 Å². The second-order valence-electron chi connectivity index (χ2n) is 4.47. The van der Waals surface area contributed by atoms with Crippen LogP contribution in [0.15, 0.2) is 42.5 Å². The van der Waals surface area contributed by atoms with E-state index in [1.54, 1.807) is 24.3 Å². The van der Waals surface area contributed by atoms with Crippen molar-refractivity contribution in [3.8, 4) is 5.75 Å². The van der Waals surface area contributed by atoms with Crippen molar-refractivity contribution < 1.29 is 9.53 Å². The smallest absolute Gasteiger partial charge is 0.255 e. The lowest BCUT2D eigenvalue weighted by Gasteiger charge is -2.12. The molecule has 0 saturated heterocycles. The van der Waals surface area contributed by atoms with Crippen molar-refractivity contribution in [2.75, 3.05) is 12.3 Å². The summed E-state index contributed by atoms with van der Waals surface area (Å²) in [6, 6.07) is 12.5. The average Bonchev–Trinajstić information content (AvgIpc) is 2.47. The Kier molecular flexibility index (Phi) is 5.06. The third-order valence-electron chi connectivity index (χ3n) is 2.92. The molecule has 0 aliphatic rings. The van der Waals surface area contributed by atoms with Crippen molar-refractivity contribution in [1.82, 2.24) is 5.32 Å². The van der Waals surface area contributed by atoms with Gasteiger partial charge in [-0.25, -0.2) is 0 Å². The van der Waals surface area contributed by atoms with E-state index >= 15 is 0 Å². The van der Waals surface area contributed by atoms with Gasteiger partial charge in [0.2, 0.25) is 0 Å². The summed E-state index contributed by atoms with van der Waals surface area (Å²) in [6.45, 7) is 2.68. The summed E-state index contributed by atoms with van der Waals surface area (Å²) >= 11 is 5.92. The van der Waals surface area contributed by atoms with Crippen LogP contribution < -0.4 is 15.8 Å². The zero-order valence-electron chi connectivity index (χ0n) is 11.7. The molecule has 0 aliphatic carbocycles. The van der Waals surface area contributed by atoms with Crippen LogP contribution in [0.5, 0.6) is 5.75 Å². The van der Waals surface area contributed by atoms with Crippen LogP contribution in [0.25, 0.3) is 0 Å². The maximum Gasteiger partial charge on any atom is 0.255 e. The van der Waals surface area contributed by atoms with E-state index in [4.69, 9.17) is 22.1 Å². The van der Waals surface area contributed by atoms with Crippen LogP contribution in [0.1, 0.15) is 22.8 Å². The van der Waals surface area contributed by atoms with Gasteiger partial charge in [-0.15, -0.1) is 0 Å². The highest BCUT2D eigenvalue weighted by molar-refractivity contribution is 6.30. The van der Waals surface area contributed by atoms with Crippen LogP contribution in [0.3, 0.4) is 0 Å². The predicted octanol–water partition coefficient (Wildman–Crippen LogP) is 3.25. The van der Waals surface area contributed by atoms with Gasteiger partial charge in [0.05, 0.1) is 17.9 Å². The fourth-order valence-corrected chi connectivity index (χ4v) is 2.18. The largest absolute Gasteiger partial charge is 0.491 e. The summed E-state index contributed by atoms with van der Waals surface area (Å²) in [6.07, 6.45) is 0. The summed E-state index contributed by atoms with van der Waals surface area (Å²) in [4.78, 5) is 12.3. The van der Waals surface area contributed by atoms with E-state index in [1.807, 2.05) is 25.1 Å². The number of anilines is 1. The molecule has 5 heteroatoms. The molecule has 0 bridgehead atoms. The lowest BCUT2D eigenvalue weighted by Crippen LogP contribution is -2.23. The van der Waals surface area contributed by atoms with Gasteiger partial charge in [-0.05, 0) is 36.8 Å². The molecule has 110 valence electrons. The summed E-state index contributed by atoms with van der Waals surface area (Å²) in [5.41, 5.74) is 7.66. The van der Waals surface area contributed by atoms with Crippen molar-refractivity contribution in [3.05, 3.63) is 58.6 Å². The minimum Gasteiger partial charge on any atom is -0.491 e. The molecule has 4 nitrogen and oxygen atoms in total. The van der Waals surface area contributed by atoms with Crippen molar-refractivity contribution in [3.63, 3.8) is 0 Å². The van der Waals surface area contributed by atoms with E-state index in [9.17, 15) is 4.79 Å². The van der Waals surface area contributed by atoms with E-state index in [0.717, 1.165) is 5.56 Å². The zero-order valence-corrected chi connectivity index (χ0v) is 12.5. The first kappa shape index (κ1) is 15.2. The Labute approximate surface area is 128 Å². The number of nitrogens with one attached hydrogen (secondary N) is 1. The van der Waals surface area contributed by atoms with Crippen molar-refractivity contribution in [2.45, 2.75) is 13.5 Å². The number of hydrogen-bond donors (Lipinski definition) is 2. The van der Waals surface area contributed by atoms with E-state index in [-0.39, 0.29) is 5.91 Å². The van der Waals surface area contributed by atoms with Gasteiger partial charge in [0.25, 0.3) is 5.91 Å². The molecule has 2 aromatic rings. The number of carbonyl (C=O) groups is 1. The first-order valence-corrected chi connectivity index (χ1v) is 7.03. The van der Waals surface area contributed by atoms with Crippen LogP contribution in [0, 0.1) is 0 Å². The number of nitrogens with two attached hydrogens (primary N) is 1. The van der Waals surface area contributed by atoms with Gasteiger partial charge in [-0.1, -0.05) is 29.8 Å². The molecule has 0 saturated carbocycles. The molecule has 2 aromatic carbocycles. The number of benzene rings is 2. The lowest BCUT2D eigenvalue weighted by molar-refractivity contribution is 0.0947. The Bertz CT molecular complexity index is 644. The number of amides is 1. The molecular formula is C16H17ClN2O2. The van der Waals surface area contributed by atoms with Gasteiger partial charge in [-0.2, -0.15) is 0 Å². The lowest BCUT2D eigenvalue weighted by atomic mass is 10.1. The quantitative estimate of drug-likeness (QED) is 0.833. The Morgan fingerprint density at radius 3 is 2.76 bits per heavy atom. The van der Waals surface area contributed by atoms with Gasteiger partial charge in [-0.3, -0.25) is 4.79 Å². The molecule has 0 unspecified atom stereocenters. The summed E-state index contributed by atoms with van der Waals surface area (Å²) in [5.74, 6) is 0.189. The molecule has 0 atom stereocenters. The summed E-state index contributed by atoms with van der Waals surface area (Å²) in [7, 11) is 0. The van der Waals surface area contributed by atoms with Gasteiger partial charge >= 0.3 is 0 Å². The molecule has 0 aliphatic heterocycles. The van der Waals surface area contributed by atoms with Gasteiger partial charge < -0.3 is 15.8 Å². The highest BCUT2D eigenvalue weighted by atomic mass is 35.5. The molecule has 3 N–H and O–H groups in total. The number of halogens is 1. The third kappa shape index (κ3) is 3.89. The van der Waals surface area contributed by atoms with E-state index in [2.05, 4.69) is 5.32 Å². The molecule has 0 spiro atoms. The van der Waals surface area contributed by atoms with Crippen molar-refractivity contribution in [2.24, 2.45) is 0 Å². The van der Waals surface area contributed by atoms with Gasteiger partial charge in [0.1, 0.15) is 0 Å². The molecule has 1 amide bonds. The Morgan fingerprint density at radius 2 is 2.05 bits per heavy atom. The first-order chi connectivity index (χ1) is 10.1. The number of para-hydroxylation sites is 1. The predicted molar refractivity (Wildman–Crippen MR) is 84.6 cm³/mol. The monoisotopic (exact) mass is 304 g/mol. The third-order valence-corrected chi connectivity index (χ3v) is 3.16. The number of rotatable bonds is 5. The second kappa shape index (κ2) is 6.99. The number of carbonyl (C=O) groups excluding carboxylic acids is 1. The highest BCUT2D eigenvalue weighted by Gasteiger charge is 2.14. The molecular weight excluding hydrogens is 288 g/mol.